The first-order chi connectivity index (χ1) is 11.6. The number of carbonyl (C=O) groups is 1. The average molecular weight is 328 g/mol. The van der Waals surface area contributed by atoms with Gasteiger partial charge in [-0.3, -0.25) is 14.6 Å². The highest BCUT2D eigenvalue weighted by Crippen LogP contribution is 2.15. The molecule has 0 aromatic carbocycles. The first-order valence-electron chi connectivity index (χ1n) is 8.05. The van der Waals surface area contributed by atoms with Crippen LogP contribution in [-0.2, 0) is 9.53 Å². The number of nitrogens with one attached hydrogen (secondary N) is 1. The Morgan fingerprint density at radius 3 is 2.88 bits per heavy atom. The van der Waals surface area contributed by atoms with E-state index in [-0.39, 0.29) is 17.6 Å². The van der Waals surface area contributed by atoms with E-state index in [0.29, 0.717) is 12.2 Å². The summed E-state index contributed by atoms with van der Waals surface area (Å²) in [5, 5.41) is 7.16. The minimum atomic E-state index is -0.694. The molecule has 0 saturated carbocycles. The number of ether oxygens (including phenoxy) is 1. The third-order valence-electron chi connectivity index (χ3n) is 4.08. The Hall–Kier alpha value is -2.54. The van der Waals surface area contributed by atoms with Crippen LogP contribution < -0.4 is 10.9 Å². The first-order valence-corrected chi connectivity index (χ1v) is 8.05. The van der Waals surface area contributed by atoms with Gasteiger partial charge in [0.05, 0.1) is 11.8 Å². The molecule has 2 atom stereocenters. The lowest BCUT2D eigenvalue weighted by Crippen LogP contribution is -2.39. The highest BCUT2D eigenvalue weighted by atomic mass is 16.5. The molecule has 1 N–H and O–H groups in total. The molecule has 7 nitrogen and oxygen atoms in total. The quantitative estimate of drug-likeness (QED) is 0.890. The molecule has 24 heavy (non-hydrogen) atoms. The SMILES string of the molecule is CC(C(=O)NCC1CCCO1)n1nc(-c2ccncc2)ccc1=O. The lowest BCUT2D eigenvalue weighted by atomic mass is 10.2. The fourth-order valence-electron chi connectivity index (χ4n) is 2.66. The van der Waals surface area contributed by atoms with Gasteiger partial charge in [-0.25, -0.2) is 4.68 Å². The summed E-state index contributed by atoms with van der Waals surface area (Å²) in [6.07, 6.45) is 5.35. The second-order valence-electron chi connectivity index (χ2n) is 5.79. The molecule has 2 aromatic heterocycles. The van der Waals surface area contributed by atoms with Crippen molar-refractivity contribution < 1.29 is 9.53 Å². The summed E-state index contributed by atoms with van der Waals surface area (Å²) in [5.74, 6) is -0.244. The van der Waals surface area contributed by atoms with Gasteiger partial charge in [0, 0.05) is 37.2 Å². The summed E-state index contributed by atoms with van der Waals surface area (Å²) in [6.45, 7) is 2.86. The lowest BCUT2D eigenvalue weighted by Gasteiger charge is -2.16. The van der Waals surface area contributed by atoms with Crippen molar-refractivity contribution in [3.63, 3.8) is 0 Å². The smallest absolute Gasteiger partial charge is 0.267 e. The molecule has 3 rings (SSSR count). The highest BCUT2D eigenvalue weighted by Gasteiger charge is 2.21. The van der Waals surface area contributed by atoms with Gasteiger partial charge in [-0.1, -0.05) is 0 Å². The molecule has 0 aliphatic carbocycles. The van der Waals surface area contributed by atoms with Gasteiger partial charge in [0.25, 0.3) is 5.56 Å². The second-order valence-corrected chi connectivity index (χ2v) is 5.79. The molecule has 1 aliphatic rings. The van der Waals surface area contributed by atoms with Crippen molar-refractivity contribution in [1.82, 2.24) is 20.1 Å². The molecule has 7 heteroatoms. The molecule has 2 unspecified atom stereocenters. The Bertz CT molecular complexity index is 754. The number of nitrogens with zero attached hydrogens (tertiary/aromatic N) is 3. The van der Waals surface area contributed by atoms with E-state index in [0.717, 1.165) is 25.0 Å². The van der Waals surface area contributed by atoms with Crippen LogP contribution in [0.3, 0.4) is 0 Å². The number of amides is 1. The van der Waals surface area contributed by atoms with Gasteiger partial charge in [-0.05, 0) is 38.0 Å². The average Bonchev–Trinajstić information content (AvgIpc) is 3.14. The molecular formula is C17H20N4O3. The van der Waals surface area contributed by atoms with Crippen LogP contribution in [0.2, 0.25) is 0 Å². The van der Waals surface area contributed by atoms with Crippen molar-refractivity contribution >= 4 is 5.91 Å². The van der Waals surface area contributed by atoms with Crippen LogP contribution >= 0.6 is 0 Å². The monoisotopic (exact) mass is 328 g/mol. The van der Waals surface area contributed by atoms with Crippen LogP contribution in [-0.4, -0.2) is 39.9 Å². The fourth-order valence-corrected chi connectivity index (χ4v) is 2.66. The molecule has 1 saturated heterocycles. The van der Waals surface area contributed by atoms with Crippen molar-refractivity contribution in [2.75, 3.05) is 13.2 Å². The summed E-state index contributed by atoms with van der Waals surface area (Å²) in [7, 11) is 0. The van der Waals surface area contributed by atoms with Gasteiger partial charge in [-0.15, -0.1) is 0 Å². The largest absolute Gasteiger partial charge is 0.376 e. The zero-order valence-corrected chi connectivity index (χ0v) is 13.5. The summed E-state index contributed by atoms with van der Waals surface area (Å²) in [4.78, 5) is 28.4. The van der Waals surface area contributed by atoms with E-state index in [1.807, 2.05) is 0 Å². The Labute approximate surface area is 139 Å². The maximum Gasteiger partial charge on any atom is 0.267 e. The van der Waals surface area contributed by atoms with Crippen molar-refractivity contribution in [1.29, 1.82) is 0 Å². The first kappa shape index (κ1) is 16.3. The second kappa shape index (κ2) is 7.35. The van der Waals surface area contributed by atoms with Gasteiger partial charge in [0.1, 0.15) is 6.04 Å². The van der Waals surface area contributed by atoms with Crippen LogP contribution in [0.4, 0.5) is 0 Å². The summed E-state index contributed by atoms with van der Waals surface area (Å²) >= 11 is 0. The van der Waals surface area contributed by atoms with Crippen molar-refractivity contribution in [2.45, 2.75) is 31.9 Å². The molecule has 1 fully saturated rings. The Balaban J connectivity index is 1.74. The number of carbonyl (C=O) groups excluding carboxylic acids is 1. The van der Waals surface area contributed by atoms with Crippen LogP contribution in [0.25, 0.3) is 11.3 Å². The minimum absolute atomic E-state index is 0.0639. The number of hydrogen-bond acceptors (Lipinski definition) is 5. The van der Waals surface area contributed by atoms with Gasteiger partial charge >= 0.3 is 0 Å². The Morgan fingerprint density at radius 2 is 2.17 bits per heavy atom. The van der Waals surface area contributed by atoms with Crippen molar-refractivity contribution in [3.8, 4) is 11.3 Å². The van der Waals surface area contributed by atoms with Gasteiger partial charge in [0.2, 0.25) is 5.91 Å². The van der Waals surface area contributed by atoms with Gasteiger partial charge in [-0.2, -0.15) is 5.10 Å². The van der Waals surface area contributed by atoms with E-state index in [2.05, 4.69) is 15.4 Å². The summed E-state index contributed by atoms with van der Waals surface area (Å²) < 4.78 is 6.69. The third kappa shape index (κ3) is 3.68. The number of pyridine rings is 1. The van der Waals surface area contributed by atoms with Gasteiger partial charge < -0.3 is 10.1 Å². The molecule has 1 aliphatic heterocycles. The van der Waals surface area contributed by atoms with Crippen LogP contribution in [0.15, 0.2) is 41.5 Å². The standard InChI is InChI=1S/C17H20N4O3/c1-12(17(23)19-11-14-3-2-10-24-14)21-16(22)5-4-15(20-21)13-6-8-18-9-7-13/h4-9,12,14H,2-3,10-11H2,1H3,(H,19,23). The number of aromatic nitrogens is 3. The topological polar surface area (TPSA) is 86.1 Å². The van der Waals surface area contributed by atoms with Crippen LogP contribution in [0.1, 0.15) is 25.8 Å². The molecule has 0 spiro atoms. The highest BCUT2D eigenvalue weighted by molar-refractivity contribution is 5.79. The zero-order chi connectivity index (χ0) is 16.9. The van der Waals surface area contributed by atoms with E-state index in [1.54, 1.807) is 37.5 Å². The van der Waals surface area contributed by atoms with E-state index < -0.39 is 6.04 Å². The number of rotatable bonds is 5. The maximum absolute atomic E-state index is 12.3. The normalized spacial score (nSPS) is 18.3. The third-order valence-corrected chi connectivity index (χ3v) is 4.08. The summed E-state index contributed by atoms with van der Waals surface area (Å²) in [6, 6.07) is 5.98. The van der Waals surface area contributed by atoms with E-state index >= 15 is 0 Å². The molecule has 126 valence electrons. The predicted octanol–water partition coefficient (Wildman–Crippen LogP) is 1.16. The molecule has 0 radical (unpaired) electrons. The van der Waals surface area contributed by atoms with E-state index in [4.69, 9.17) is 4.74 Å². The Kier molecular flexibility index (Phi) is 5.00. The molecule has 2 aromatic rings. The van der Waals surface area contributed by atoms with Crippen LogP contribution in [0, 0.1) is 0 Å². The molecule has 3 heterocycles. The van der Waals surface area contributed by atoms with Crippen molar-refractivity contribution in [2.24, 2.45) is 0 Å². The fraction of sp³-hybridized carbons (Fsp3) is 0.412. The van der Waals surface area contributed by atoms with Gasteiger partial charge in [0.15, 0.2) is 0 Å². The Morgan fingerprint density at radius 1 is 1.38 bits per heavy atom. The van der Waals surface area contributed by atoms with Crippen molar-refractivity contribution in [3.05, 3.63) is 47.0 Å². The molecule has 0 bridgehead atoms. The zero-order valence-electron chi connectivity index (χ0n) is 13.5. The minimum Gasteiger partial charge on any atom is -0.376 e. The number of hydrogen-bond donors (Lipinski definition) is 1. The molecular weight excluding hydrogens is 308 g/mol. The van der Waals surface area contributed by atoms with E-state index in [9.17, 15) is 9.59 Å². The molecule has 1 amide bonds. The maximum atomic E-state index is 12.3. The predicted molar refractivity (Wildman–Crippen MR) is 88.4 cm³/mol. The lowest BCUT2D eigenvalue weighted by molar-refractivity contribution is -0.124. The summed E-state index contributed by atoms with van der Waals surface area (Å²) in [5.41, 5.74) is 1.15. The van der Waals surface area contributed by atoms with Crippen LogP contribution in [0.5, 0.6) is 0 Å². The van der Waals surface area contributed by atoms with E-state index in [1.165, 1.54) is 10.7 Å².